The number of hydrogen-bond acceptors (Lipinski definition) is 2. The fourth-order valence-electron chi connectivity index (χ4n) is 2.39. The Kier molecular flexibility index (Phi) is 9.07. The molecule has 2 nitrogen and oxygen atoms in total. The molecule has 0 aromatic heterocycles. The van der Waals surface area contributed by atoms with E-state index in [1.165, 1.54) is 51.0 Å². The lowest BCUT2D eigenvalue weighted by Gasteiger charge is -2.10. The lowest BCUT2D eigenvalue weighted by molar-refractivity contribution is 0.302. The molecule has 3 heteroatoms. The molecular weight excluding hydrogens is 265 g/mol. The predicted octanol–water partition coefficient (Wildman–Crippen LogP) is 5.36. The quantitative estimate of drug-likeness (QED) is 0.557. The van der Waals surface area contributed by atoms with Crippen LogP contribution in [0.25, 0.3) is 0 Å². The van der Waals surface area contributed by atoms with Crippen molar-refractivity contribution < 1.29 is 9.13 Å². The lowest BCUT2D eigenvalue weighted by atomic mass is 10.1. The molecule has 1 aromatic rings. The van der Waals surface area contributed by atoms with Gasteiger partial charge in [0.15, 0.2) is 0 Å². The van der Waals surface area contributed by atoms with Crippen LogP contribution in [0, 0.1) is 5.82 Å². The smallest absolute Gasteiger partial charge is 0.131 e. The van der Waals surface area contributed by atoms with Gasteiger partial charge >= 0.3 is 0 Å². The SMILES string of the molecule is CCCCCCCCCCOc1ccc([C@@H](C)N)c(F)c1. The maximum atomic E-state index is 13.7. The Balaban J connectivity index is 2.11. The van der Waals surface area contributed by atoms with Crippen LogP contribution < -0.4 is 10.5 Å². The van der Waals surface area contributed by atoms with Gasteiger partial charge in [-0.05, 0) is 19.4 Å². The van der Waals surface area contributed by atoms with E-state index in [-0.39, 0.29) is 11.9 Å². The summed E-state index contributed by atoms with van der Waals surface area (Å²) in [6.07, 6.45) is 10.2. The first-order valence-electron chi connectivity index (χ1n) is 8.33. The minimum Gasteiger partial charge on any atom is -0.493 e. The molecule has 120 valence electrons. The summed E-state index contributed by atoms with van der Waals surface area (Å²) in [6.45, 7) is 4.67. The van der Waals surface area contributed by atoms with Crippen LogP contribution >= 0.6 is 0 Å². The number of ether oxygens (including phenoxy) is 1. The Morgan fingerprint density at radius 1 is 1.05 bits per heavy atom. The molecule has 0 aliphatic carbocycles. The van der Waals surface area contributed by atoms with Gasteiger partial charge in [0, 0.05) is 17.7 Å². The monoisotopic (exact) mass is 295 g/mol. The molecule has 0 fully saturated rings. The van der Waals surface area contributed by atoms with E-state index in [0.717, 1.165) is 6.42 Å². The maximum Gasteiger partial charge on any atom is 0.131 e. The number of hydrogen-bond donors (Lipinski definition) is 1. The average Bonchev–Trinajstić information content (AvgIpc) is 2.45. The van der Waals surface area contributed by atoms with Gasteiger partial charge in [-0.2, -0.15) is 0 Å². The molecule has 0 heterocycles. The van der Waals surface area contributed by atoms with E-state index in [1.807, 2.05) is 0 Å². The molecule has 1 atom stereocenters. The minimum absolute atomic E-state index is 0.279. The van der Waals surface area contributed by atoms with E-state index in [2.05, 4.69) is 6.92 Å². The highest BCUT2D eigenvalue weighted by Gasteiger charge is 2.07. The second-order valence-corrected chi connectivity index (χ2v) is 5.80. The molecule has 2 N–H and O–H groups in total. The number of nitrogens with two attached hydrogens (primary N) is 1. The second kappa shape index (κ2) is 10.6. The number of benzene rings is 1. The van der Waals surface area contributed by atoms with Crippen molar-refractivity contribution in [3.8, 4) is 5.75 Å². The van der Waals surface area contributed by atoms with Crippen molar-refractivity contribution in [3.05, 3.63) is 29.6 Å². The van der Waals surface area contributed by atoms with E-state index in [9.17, 15) is 4.39 Å². The second-order valence-electron chi connectivity index (χ2n) is 5.80. The summed E-state index contributed by atoms with van der Waals surface area (Å²) in [7, 11) is 0. The summed E-state index contributed by atoms with van der Waals surface area (Å²) in [5, 5.41) is 0. The molecule has 1 aromatic carbocycles. The molecule has 0 aliphatic heterocycles. The summed E-state index contributed by atoms with van der Waals surface area (Å²) in [6, 6.07) is 4.66. The van der Waals surface area contributed by atoms with Crippen LogP contribution in [0.4, 0.5) is 4.39 Å². The van der Waals surface area contributed by atoms with Crippen molar-refractivity contribution >= 4 is 0 Å². The van der Waals surface area contributed by atoms with Crippen LogP contribution in [-0.4, -0.2) is 6.61 Å². The zero-order valence-corrected chi connectivity index (χ0v) is 13.5. The van der Waals surface area contributed by atoms with Crippen molar-refractivity contribution in [2.75, 3.05) is 6.61 Å². The Hall–Kier alpha value is -1.09. The molecule has 0 saturated carbocycles. The summed E-state index contributed by atoms with van der Waals surface area (Å²) in [5.41, 5.74) is 6.22. The molecule has 0 spiro atoms. The molecule has 0 bridgehead atoms. The summed E-state index contributed by atoms with van der Waals surface area (Å²) in [5.74, 6) is 0.318. The number of unbranched alkanes of at least 4 members (excludes halogenated alkanes) is 7. The predicted molar refractivity (Wildman–Crippen MR) is 87.1 cm³/mol. The van der Waals surface area contributed by atoms with Gasteiger partial charge < -0.3 is 10.5 Å². The van der Waals surface area contributed by atoms with E-state index in [0.29, 0.717) is 17.9 Å². The van der Waals surface area contributed by atoms with Crippen molar-refractivity contribution in [3.63, 3.8) is 0 Å². The first-order chi connectivity index (χ1) is 10.1. The fourth-order valence-corrected chi connectivity index (χ4v) is 2.39. The zero-order valence-electron chi connectivity index (χ0n) is 13.5. The van der Waals surface area contributed by atoms with Gasteiger partial charge in [0.2, 0.25) is 0 Å². The van der Waals surface area contributed by atoms with Crippen LogP contribution in [0.3, 0.4) is 0 Å². The van der Waals surface area contributed by atoms with Gasteiger partial charge in [-0.1, -0.05) is 57.9 Å². The first-order valence-corrected chi connectivity index (χ1v) is 8.33. The summed E-state index contributed by atoms with van der Waals surface area (Å²) < 4.78 is 19.3. The third kappa shape index (κ3) is 7.47. The van der Waals surface area contributed by atoms with Gasteiger partial charge in [-0.15, -0.1) is 0 Å². The van der Waals surface area contributed by atoms with Crippen molar-refractivity contribution in [2.45, 2.75) is 71.3 Å². The van der Waals surface area contributed by atoms with Crippen molar-refractivity contribution in [2.24, 2.45) is 5.73 Å². The third-order valence-corrected chi connectivity index (χ3v) is 3.73. The third-order valence-electron chi connectivity index (χ3n) is 3.73. The topological polar surface area (TPSA) is 35.2 Å². The van der Waals surface area contributed by atoms with Gasteiger partial charge in [-0.25, -0.2) is 4.39 Å². The van der Waals surface area contributed by atoms with E-state index < -0.39 is 0 Å². The fraction of sp³-hybridized carbons (Fsp3) is 0.667. The Labute approximate surface area is 128 Å². The highest BCUT2D eigenvalue weighted by Crippen LogP contribution is 2.20. The average molecular weight is 295 g/mol. The van der Waals surface area contributed by atoms with E-state index in [1.54, 1.807) is 19.1 Å². The standard InChI is InChI=1S/C18H30FNO/c1-3-4-5-6-7-8-9-10-13-21-16-11-12-17(15(2)20)18(19)14-16/h11-12,14-15H,3-10,13,20H2,1-2H3/t15-/m1/s1. The van der Waals surface area contributed by atoms with Crippen LogP contribution in [0.2, 0.25) is 0 Å². The molecule has 1 rings (SSSR count). The van der Waals surface area contributed by atoms with Crippen LogP contribution in [0.1, 0.15) is 76.8 Å². The molecule has 21 heavy (non-hydrogen) atoms. The Morgan fingerprint density at radius 3 is 2.24 bits per heavy atom. The minimum atomic E-state index is -0.285. The van der Waals surface area contributed by atoms with Crippen LogP contribution in [-0.2, 0) is 0 Å². The molecule has 0 radical (unpaired) electrons. The van der Waals surface area contributed by atoms with E-state index >= 15 is 0 Å². The van der Waals surface area contributed by atoms with Crippen molar-refractivity contribution in [1.29, 1.82) is 0 Å². The lowest BCUT2D eigenvalue weighted by Crippen LogP contribution is -2.07. The van der Waals surface area contributed by atoms with E-state index in [4.69, 9.17) is 10.5 Å². The molecule has 0 aliphatic rings. The highest BCUT2D eigenvalue weighted by atomic mass is 19.1. The first kappa shape index (κ1) is 18.0. The normalized spacial score (nSPS) is 12.4. The highest BCUT2D eigenvalue weighted by molar-refractivity contribution is 5.30. The largest absolute Gasteiger partial charge is 0.493 e. The number of rotatable bonds is 11. The summed E-state index contributed by atoms with van der Waals surface area (Å²) in [4.78, 5) is 0. The number of halogens is 1. The van der Waals surface area contributed by atoms with Crippen molar-refractivity contribution in [1.82, 2.24) is 0 Å². The maximum absolute atomic E-state index is 13.7. The Morgan fingerprint density at radius 2 is 1.67 bits per heavy atom. The van der Waals surface area contributed by atoms with Crippen LogP contribution in [0.5, 0.6) is 5.75 Å². The Bertz CT molecular complexity index is 393. The zero-order chi connectivity index (χ0) is 15.5. The van der Waals surface area contributed by atoms with Gasteiger partial charge in [0.1, 0.15) is 11.6 Å². The molecule has 0 saturated heterocycles. The van der Waals surface area contributed by atoms with Crippen LogP contribution in [0.15, 0.2) is 18.2 Å². The van der Waals surface area contributed by atoms with Gasteiger partial charge in [0.25, 0.3) is 0 Å². The van der Waals surface area contributed by atoms with Gasteiger partial charge in [-0.3, -0.25) is 0 Å². The summed E-state index contributed by atoms with van der Waals surface area (Å²) >= 11 is 0. The molecule has 0 amide bonds. The van der Waals surface area contributed by atoms with Gasteiger partial charge in [0.05, 0.1) is 6.61 Å². The molecular formula is C18H30FNO. The molecule has 0 unspecified atom stereocenters.